The van der Waals surface area contributed by atoms with Crippen LogP contribution in [-0.2, 0) is 0 Å². The monoisotopic (exact) mass is 398 g/mol. The highest BCUT2D eigenvalue weighted by atomic mass is 79.9. The molecule has 0 radical (unpaired) electrons. The quantitative estimate of drug-likeness (QED) is 0.801. The highest BCUT2D eigenvalue weighted by molar-refractivity contribution is 9.10. The molecule has 0 saturated carbocycles. The Labute approximate surface area is 148 Å². The predicted molar refractivity (Wildman–Crippen MR) is 97.1 cm³/mol. The highest BCUT2D eigenvalue weighted by Gasteiger charge is 2.24. The minimum atomic E-state index is 0. The summed E-state index contributed by atoms with van der Waals surface area (Å²) in [5, 5.41) is 13.8. The molecule has 2 rings (SSSR count). The van der Waals surface area contributed by atoms with Crippen LogP contribution in [0.2, 0.25) is 0 Å². The molecule has 1 aromatic carbocycles. The van der Waals surface area contributed by atoms with E-state index in [1.807, 2.05) is 13.0 Å². The lowest BCUT2D eigenvalue weighted by molar-refractivity contribution is 0.162. The Morgan fingerprint density at radius 2 is 1.90 bits per heavy atom. The van der Waals surface area contributed by atoms with Crippen molar-refractivity contribution in [3.05, 3.63) is 27.7 Å². The molecule has 0 unspecified atom stereocenters. The zero-order chi connectivity index (χ0) is 13.8. The number of halogens is 3. The molecule has 0 spiro atoms. The molecule has 1 aromatic rings. The van der Waals surface area contributed by atoms with Crippen molar-refractivity contribution in [3.8, 4) is 5.75 Å². The van der Waals surface area contributed by atoms with Gasteiger partial charge in [0.15, 0.2) is 0 Å². The zero-order valence-corrected chi connectivity index (χ0v) is 15.8. The number of aryl methyl sites for hydroxylation is 1. The molecular weight excluding hydrogens is 375 g/mol. The lowest BCUT2D eigenvalue weighted by Gasteiger charge is -2.35. The summed E-state index contributed by atoms with van der Waals surface area (Å²) in [4.78, 5) is 2.49. The van der Waals surface area contributed by atoms with Gasteiger partial charge in [-0.1, -0.05) is 29.3 Å². The van der Waals surface area contributed by atoms with Crippen molar-refractivity contribution in [2.24, 2.45) is 0 Å². The normalized spacial score (nSPS) is 16.7. The van der Waals surface area contributed by atoms with E-state index in [0.717, 1.165) is 54.6 Å². The van der Waals surface area contributed by atoms with E-state index in [9.17, 15) is 5.11 Å². The second kappa shape index (κ2) is 9.90. The van der Waals surface area contributed by atoms with E-state index < -0.39 is 0 Å². The van der Waals surface area contributed by atoms with Crippen LogP contribution in [0.3, 0.4) is 0 Å². The van der Waals surface area contributed by atoms with Crippen LogP contribution in [0.15, 0.2) is 16.6 Å². The lowest BCUT2D eigenvalue weighted by Crippen LogP contribution is -2.45. The van der Waals surface area contributed by atoms with Crippen LogP contribution in [-0.4, -0.2) is 36.2 Å². The number of benzene rings is 1. The average Bonchev–Trinajstić information content (AvgIpc) is 2.41. The molecule has 0 amide bonds. The van der Waals surface area contributed by atoms with Crippen LogP contribution < -0.4 is 5.32 Å². The predicted octanol–water partition coefficient (Wildman–Crippen LogP) is 4.05. The van der Waals surface area contributed by atoms with Crippen molar-refractivity contribution >= 4 is 40.7 Å². The third-order valence-electron chi connectivity index (χ3n) is 3.81. The molecule has 3 nitrogen and oxygen atoms in total. The Morgan fingerprint density at radius 1 is 1.29 bits per heavy atom. The minimum Gasteiger partial charge on any atom is -0.507 e. The molecule has 1 fully saturated rings. The van der Waals surface area contributed by atoms with Gasteiger partial charge in [0.05, 0.1) is 0 Å². The van der Waals surface area contributed by atoms with Crippen molar-refractivity contribution in [1.82, 2.24) is 10.2 Å². The SMILES string of the molecule is CCC[C@@H](c1cc(Br)cc(C)c1O)N1CCNCC1.Cl.Cl. The van der Waals surface area contributed by atoms with E-state index >= 15 is 0 Å². The van der Waals surface area contributed by atoms with Crippen molar-refractivity contribution in [3.63, 3.8) is 0 Å². The number of nitrogens with zero attached hydrogens (tertiary/aromatic N) is 1. The number of phenols is 1. The molecule has 1 atom stereocenters. The fourth-order valence-corrected chi connectivity index (χ4v) is 3.41. The fraction of sp³-hybridized carbons (Fsp3) is 0.600. The first kappa shape index (κ1) is 21.0. The third kappa shape index (κ3) is 5.29. The molecule has 1 saturated heterocycles. The van der Waals surface area contributed by atoms with E-state index in [1.165, 1.54) is 0 Å². The minimum absolute atomic E-state index is 0. The fourth-order valence-electron chi connectivity index (χ4n) is 2.82. The molecule has 6 heteroatoms. The van der Waals surface area contributed by atoms with Crippen LogP contribution in [0.25, 0.3) is 0 Å². The van der Waals surface area contributed by atoms with E-state index in [-0.39, 0.29) is 24.8 Å². The van der Waals surface area contributed by atoms with Gasteiger partial charge in [-0.2, -0.15) is 0 Å². The summed E-state index contributed by atoms with van der Waals surface area (Å²) >= 11 is 3.55. The van der Waals surface area contributed by atoms with Crippen molar-refractivity contribution < 1.29 is 5.11 Å². The largest absolute Gasteiger partial charge is 0.507 e. The van der Waals surface area contributed by atoms with Gasteiger partial charge in [0.2, 0.25) is 0 Å². The van der Waals surface area contributed by atoms with Crippen molar-refractivity contribution in [1.29, 1.82) is 0 Å². The maximum Gasteiger partial charge on any atom is 0.123 e. The average molecular weight is 400 g/mol. The molecule has 1 heterocycles. The van der Waals surface area contributed by atoms with Gasteiger partial charge in [-0.15, -0.1) is 24.8 Å². The zero-order valence-electron chi connectivity index (χ0n) is 12.6. The van der Waals surface area contributed by atoms with Gasteiger partial charge < -0.3 is 10.4 Å². The van der Waals surface area contributed by atoms with Gasteiger partial charge in [0.25, 0.3) is 0 Å². The summed E-state index contributed by atoms with van der Waals surface area (Å²) in [6.45, 7) is 8.34. The van der Waals surface area contributed by atoms with Crippen LogP contribution in [0.4, 0.5) is 0 Å². The smallest absolute Gasteiger partial charge is 0.123 e. The van der Waals surface area contributed by atoms with Crippen LogP contribution >= 0.6 is 40.7 Å². The third-order valence-corrected chi connectivity index (χ3v) is 4.27. The number of piperazine rings is 1. The number of aromatic hydroxyl groups is 1. The molecule has 122 valence electrons. The molecule has 1 aliphatic rings. The molecule has 0 bridgehead atoms. The van der Waals surface area contributed by atoms with E-state index in [4.69, 9.17) is 0 Å². The first-order chi connectivity index (χ1) is 9.13. The molecule has 1 aliphatic heterocycles. The summed E-state index contributed by atoms with van der Waals surface area (Å²) in [6.07, 6.45) is 2.21. The second-order valence-electron chi connectivity index (χ2n) is 5.25. The maximum atomic E-state index is 10.4. The van der Waals surface area contributed by atoms with Crippen LogP contribution in [0.5, 0.6) is 5.75 Å². The Hall–Kier alpha value is -0.000000000000000111. The van der Waals surface area contributed by atoms with Gasteiger partial charge in [0, 0.05) is 42.3 Å². The number of hydrogen-bond acceptors (Lipinski definition) is 3. The van der Waals surface area contributed by atoms with Gasteiger partial charge in [-0.3, -0.25) is 4.90 Å². The molecular formula is C15H25BrCl2N2O. The summed E-state index contributed by atoms with van der Waals surface area (Å²) in [5.74, 6) is 0.459. The number of hydrogen-bond donors (Lipinski definition) is 2. The van der Waals surface area contributed by atoms with E-state index in [0.29, 0.717) is 11.8 Å². The Morgan fingerprint density at radius 3 is 2.48 bits per heavy atom. The Kier molecular flexibility index (Phi) is 9.90. The van der Waals surface area contributed by atoms with Gasteiger partial charge >= 0.3 is 0 Å². The van der Waals surface area contributed by atoms with E-state index in [2.05, 4.69) is 39.1 Å². The van der Waals surface area contributed by atoms with Gasteiger partial charge in [-0.05, 0) is 31.0 Å². The number of rotatable bonds is 4. The Balaban J connectivity index is 0.00000200. The highest BCUT2D eigenvalue weighted by Crippen LogP contribution is 2.36. The lowest BCUT2D eigenvalue weighted by atomic mass is 9.97. The summed E-state index contributed by atoms with van der Waals surface area (Å²) < 4.78 is 1.05. The van der Waals surface area contributed by atoms with Crippen molar-refractivity contribution in [2.75, 3.05) is 26.2 Å². The van der Waals surface area contributed by atoms with Crippen LogP contribution in [0.1, 0.15) is 36.9 Å². The Bertz CT molecular complexity index is 440. The molecule has 21 heavy (non-hydrogen) atoms. The molecule has 0 aromatic heterocycles. The summed E-state index contributed by atoms with van der Waals surface area (Å²) in [5.41, 5.74) is 2.01. The maximum absolute atomic E-state index is 10.4. The number of phenolic OH excluding ortho intramolecular Hbond substituents is 1. The van der Waals surface area contributed by atoms with Gasteiger partial charge in [-0.25, -0.2) is 0 Å². The first-order valence-corrected chi connectivity index (χ1v) is 7.86. The standard InChI is InChI=1S/C15H23BrN2O.2ClH/c1-3-4-14(18-7-5-17-6-8-18)13-10-12(16)9-11(2)15(13)19;;/h9-10,14,17,19H,3-8H2,1-2H3;2*1H/t14-;;/m0../s1. The summed E-state index contributed by atoms with van der Waals surface area (Å²) in [6, 6.07) is 4.37. The molecule has 2 N–H and O–H groups in total. The number of nitrogens with one attached hydrogen (secondary N) is 1. The first-order valence-electron chi connectivity index (χ1n) is 7.07. The van der Waals surface area contributed by atoms with Crippen molar-refractivity contribution in [2.45, 2.75) is 32.7 Å². The van der Waals surface area contributed by atoms with E-state index in [1.54, 1.807) is 0 Å². The topological polar surface area (TPSA) is 35.5 Å². The molecule has 0 aliphatic carbocycles. The van der Waals surface area contributed by atoms with Crippen LogP contribution in [0, 0.1) is 6.92 Å². The second-order valence-corrected chi connectivity index (χ2v) is 6.17. The summed E-state index contributed by atoms with van der Waals surface area (Å²) in [7, 11) is 0. The van der Waals surface area contributed by atoms with Gasteiger partial charge in [0.1, 0.15) is 5.75 Å².